The summed E-state index contributed by atoms with van der Waals surface area (Å²) in [6.07, 6.45) is 0. The molecule has 0 saturated carbocycles. The van der Waals surface area contributed by atoms with E-state index in [-0.39, 0.29) is 22.8 Å². The van der Waals surface area contributed by atoms with Crippen LogP contribution in [0.2, 0.25) is 0 Å². The monoisotopic (exact) mass is 371 g/mol. The van der Waals surface area contributed by atoms with Crippen LogP contribution in [-0.2, 0) is 0 Å². The molecular formula is C19H12F3N3O2. The lowest BCUT2D eigenvalue weighted by Crippen LogP contribution is -2.19. The summed E-state index contributed by atoms with van der Waals surface area (Å²) in [5, 5.41) is 4.71. The van der Waals surface area contributed by atoms with Crippen LogP contribution in [0.3, 0.4) is 0 Å². The molecule has 0 bridgehead atoms. The standard InChI is InChI=1S/C19H12F3N3O2/c20-11-3-1-4-13(9-11)23-18(26)16-5-2-6-17(24-16)19(27)25-15-8-7-12(21)10-14(15)22/h1-10H,(H,23,26)(H,25,27). The third-order valence-electron chi connectivity index (χ3n) is 3.48. The lowest BCUT2D eigenvalue weighted by Gasteiger charge is -2.08. The molecule has 1 aromatic heterocycles. The van der Waals surface area contributed by atoms with Crippen LogP contribution >= 0.6 is 0 Å². The van der Waals surface area contributed by atoms with Crippen LogP contribution in [0.25, 0.3) is 0 Å². The number of aromatic nitrogens is 1. The number of anilines is 2. The molecule has 0 unspecified atom stereocenters. The van der Waals surface area contributed by atoms with Crippen LogP contribution < -0.4 is 10.6 Å². The van der Waals surface area contributed by atoms with E-state index >= 15 is 0 Å². The molecule has 0 spiro atoms. The topological polar surface area (TPSA) is 71.1 Å². The Hall–Kier alpha value is -3.68. The van der Waals surface area contributed by atoms with Gasteiger partial charge in [-0.2, -0.15) is 0 Å². The molecule has 2 aromatic carbocycles. The predicted molar refractivity (Wildman–Crippen MR) is 92.9 cm³/mol. The number of carbonyl (C=O) groups excluding carboxylic acids is 2. The first-order chi connectivity index (χ1) is 12.9. The van der Waals surface area contributed by atoms with Crippen LogP contribution in [0.4, 0.5) is 24.5 Å². The molecule has 0 atom stereocenters. The van der Waals surface area contributed by atoms with Gasteiger partial charge in [-0.05, 0) is 42.5 Å². The normalized spacial score (nSPS) is 10.3. The zero-order valence-corrected chi connectivity index (χ0v) is 13.7. The van der Waals surface area contributed by atoms with Crippen molar-refractivity contribution in [1.29, 1.82) is 0 Å². The van der Waals surface area contributed by atoms with Crippen LogP contribution in [0.1, 0.15) is 21.0 Å². The van der Waals surface area contributed by atoms with Crippen LogP contribution in [0, 0.1) is 17.5 Å². The maximum absolute atomic E-state index is 13.6. The fourth-order valence-electron chi connectivity index (χ4n) is 2.23. The van der Waals surface area contributed by atoms with Crippen molar-refractivity contribution >= 4 is 23.2 Å². The van der Waals surface area contributed by atoms with E-state index in [9.17, 15) is 22.8 Å². The largest absolute Gasteiger partial charge is 0.321 e. The Morgan fingerprint density at radius 1 is 0.741 bits per heavy atom. The van der Waals surface area contributed by atoms with E-state index in [1.807, 2.05) is 0 Å². The summed E-state index contributed by atoms with van der Waals surface area (Å²) in [4.78, 5) is 28.4. The van der Waals surface area contributed by atoms with Gasteiger partial charge in [0.1, 0.15) is 28.8 Å². The van der Waals surface area contributed by atoms with E-state index in [1.165, 1.54) is 36.4 Å². The van der Waals surface area contributed by atoms with Gasteiger partial charge in [0, 0.05) is 11.8 Å². The Kier molecular flexibility index (Phi) is 5.16. The van der Waals surface area contributed by atoms with Gasteiger partial charge < -0.3 is 10.6 Å². The average molecular weight is 371 g/mol. The Bertz CT molecular complexity index is 1020. The summed E-state index contributed by atoms with van der Waals surface area (Å²) in [6.45, 7) is 0. The molecule has 3 aromatic rings. The fraction of sp³-hybridized carbons (Fsp3) is 0. The number of nitrogens with zero attached hydrogens (tertiary/aromatic N) is 1. The molecular weight excluding hydrogens is 359 g/mol. The van der Waals surface area contributed by atoms with Crippen LogP contribution in [-0.4, -0.2) is 16.8 Å². The highest BCUT2D eigenvalue weighted by atomic mass is 19.1. The van der Waals surface area contributed by atoms with E-state index in [1.54, 1.807) is 0 Å². The summed E-state index contributed by atoms with van der Waals surface area (Å²) in [5.41, 5.74) is -0.236. The Morgan fingerprint density at radius 3 is 2.04 bits per heavy atom. The van der Waals surface area contributed by atoms with Gasteiger partial charge in [-0.1, -0.05) is 12.1 Å². The minimum absolute atomic E-state index is 0.0912. The van der Waals surface area contributed by atoms with Gasteiger partial charge in [-0.15, -0.1) is 0 Å². The lowest BCUT2D eigenvalue weighted by molar-refractivity contribution is 0.101. The number of pyridine rings is 1. The van der Waals surface area contributed by atoms with E-state index in [0.29, 0.717) is 6.07 Å². The Morgan fingerprint density at radius 2 is 1.37 bits per heavy atom. The second-order valence-corrected chi connectivity index (χ2v) is 5.45. The molecule has 136 valence electrons. The molecule has 27 heavy (non-hydrogen) atoms. The second-order valence-electron chi connectivity index (χ2n) is 5.45. The third kappa shape index (κ3) is 4.49. The number of carbonyl (C=O) groups is 2. The SMILES string of the molecule is O=C(Nc1cccc(F)c1)c1cccc(C(=O)Nc2ccc(F)cc2F)n1. The lowest BCUT2D eigenvalue weighted by atomic mass is 10.2. The van der Waals surface area contributed by atoms with Gasteiger partial charge in [0.05, 0.1) is 5.69 Å². The predicted octanol–water partition coefficient (Wildman–Crippen LogP) is 4.00. The molecule has 0 aliphatic heterocycles. The quantitative estimate of drug-likeness (QED) is 0.728. The van der Waals surface area contributed by atoms with E-state index in [2.05, 4.69) is 15.6 Å². The number of hydrogen-bond donors (Lipinski definition) is 2. The Labute approximate surface area is 151 Å². The minimum Gasteiger partial charge on any atom is -0.321 e. The molecule has 1 heterocycles. The molecule has 0 aliphatic rings. The Balaban J connectivity index is 1.76. The highest BCUT2D eigenvalue weighted by Crippen LogP contribution is 2.16. The summed E-state index contributed by atoms with van der Waals surface area (Å²) < 4.78 is 39.7. The number of amides is 2. The van der Waals surface area contributed by atoms with Crippen molar-refractivity contribution in [2.75, 3.05) is 10.6 Å². The smallest absolute Gasteiger partial charge is 0.274 e. The van der Waals surface area contributed by atoms with Crippen molar-refractivity contribution in [3.8, 4) is 0 Å². The zero-order valence-electron chi connectivity index (χ0n) is 13.7. The van der Waals surface area contributed by atoms with E-state index in [0.717, 1.165) is 18.2 Å². The van der Waals surface area contributed by atoms with Gasteiger partial charge in [0.15, 0.2) is 0 Å². The summed E-state index contributed by atoms with van der Waals surface area (Å²) in [5.74, 6) is -3.66. The van der Waals surface area contributed by atoms with E-state index < -0.39 is 29.3 Å². The highest BCUT2D eigenvalue weighted by Gasteiger charge is 2.14. The molecule has 3 rings (SSSR count). The number of benzene rings is 2. The van der Waals surface area contributed by atoms with Gasteiger partial charge in [-0.3, -0.25) is 9.59 Å². The maximum Gasteiger partial charge on any atom is 0.274 e. The molecule has 0 fully saturated rings. The highest BCUT2D eigenvalue weighted by molar-refractivity contribution is 6.06. The summed E-state index contributed by atoms with van der Waals surface area (Å²) in [6, 6.07) is 12.1. The van der Waals surface area contributed by atoms with Gasteiger partial charge >= 0.3 is 0 Å². The molecule has 5 nitrogen and oxygen atoms in total. The average Bonchev–Trinajstić information content (AvgIpc) is 2.64. The maximum atomic E-state index is 13.6. The second kappa shape index (κ2) is 7.69. The number of rotatable bonds is 4. The summed E-state index contributed by atoms with van der Waals surface area (Å²) in [7, 11) is 0. The molecule has 0 saturated heterocycles. The van der Waals surface area contributed by atoms with Crippen LogP contribution in [0.15, 0.2) is 60.7 Å². The first kappa shape index (κ1) is 18.1. The van der Waals surface area contributed by atoms with Gasteiger partial charge in [-0.25, -0.2) is 18.2 Å². The number of halogens is 3. The van der Waals surface area contributed by atoms with Crippen molar-refractivity contribution in [2.24, 2.45) is 0 Å². The molecule has 8 heteroatoms. The van der Waals surface area contributed by atoms with Crippen molar-refractivity contribution < 1.29 is 22.8 Å². The van der Waals surface area contributed by atoms with Crippen molar-refractivity contribution in [1.82, 2.24) is 4.98 Å². The number of nitrogens with one attached hydrogen (secondary N) is 2. The first-order valence-corrected chi connectivity index (χ1v) is 7.73. The van der Waals surface area contributed by atoms with Crippen molar-refractivity contribution in [3.63, 3.8) is 0 Å². The fourth-order valence-corrected chi connectivity index (χ4v) is 2.23. The minimum atomic E-state index is -0.941. The summed E-state index contributed by atoms with van der Waals surface area (Å²) >= 11 is 0. The van der Waals surface area contributed by atoms with E-state index in [4.69, 9.17) is 0 Å². The molecule has 0 aliphatic carbocycles. The molecule has 2 amide bonds. The van der Waals surface area contributed by atoms with Crippen molar-refractivity contribution in [3.05, 3.63) is 89.5 Å². The van der Waals surface area contributed by atoms with Crippen LogP contribution in [0.5, 0.6) is 0 Å². The zero-order chi connectivity index (χ0) is 19.4. The van der Waals surface area contributed by atoms with Gasteiger partial charge in [0.25, 0.3) is 11.8 Å². The van der Waals surface area contributed by atoms with Crippen molar-refractivity contribution in [2.45, 2.75) is 0 Å². The van der Waals surface area contributed by atoms with Gasteiger partial charge in [0.2, 0.25) is 0 Å². The third-order valence-corrected chi connectivity index (χ3v) is 3.48. The first-order valence-electron chi connectivity index (χ1n) is 7.73. The number of hydrogen-bond acceptors (Lipinski definition) is 3. The molecule has 0 radical (unpaired) electrons. The molecule has 2 N–H and O–H groups in total.